The van der Waals surface area contributed by atoms with E-state index in [2.05, 4.69) is 39.0 Å². The lowest BCUT2D eigenvalue weighted by Crippen LogP contribution is -2.37. The lowest BCUT2D eigenvalue weighted by atomic mass is 10.1. The summed E-state index contributed by atoms with van der Waals surface area (Å²) in [5, 5.41) is 0. The van der Waals surface area contributed by atoms with Gasteiger partial charge in [0.2, 0.25) is 0 Å². The van der Waals surface area contributed by atoms with Gasteiger partial charge in [0.1, 0.15) is 11.9 Å². The van der Waals surface area contributed by atoms with Crippen molar-refractivity contribution in [1.29, 1.82) is 0 Å². The molecule has 5 heteroatoms. The van der Waals surface area contributed by atoms with Crippen molar-refractivity contribution in [2.24, 2.45) is 0 Å². The first-order valence-electron chi connectivity index (χ1n) is 9.08. The number of nitrogens with zero attached hydrogens (tertiary/aromatic N) is 3. The third-order valence-electron chi connectivity index (χ3n) is 4.92. The topological polar surface area (TPSA) is 37.8 Å². The van der Waals surface area contributed by atoms with Gasteiger partial charge in [0, 0.05) is 50.8 Å². The molecule has 4 rings (SSSR count). The molecule has 1 atom stereocenters. The Labute approximate surface area is 149 Å². The van der Waals surface area contributed by atoms with Crippen LogP contribution in [0.25, 0.3) is 0 Å². The number of rotatable bonds is 5. The molecule has 132 valence electrons. The molecule has 2 fully saturated rings. The van der Waals surface area contributed by atoms with Gasteiger partial charge in [0.05, 0.1) is 13.2 Å². The summed E-state index contributed by atoms with van der Waals surface area (Å²) < 4.78 is 11.6. The maximum absolute atomic E-state index is 6.08. The van der Waals surface area contributed by atoms with Crippen LogP contribution in [0.4, 0.5) is 5.69 Å². The number of hydrogen-bond donors (Lipinski definition) is 0. The van der Waals surface area contributed by atoms with Crippen LogP contribution in [0.5, 0.6) is 5.75 Å². The lowest BCUT2D eigenvalue weighted by molar-refractivity contribution is 0.122. The summed E-state index contributed by atoms with van der Waals surface area (Å²) >= 11 is 0. The second-order valence-electron chi connectivity index (χ2n) is 6.67. The number of anilines is 1. The molecule has 0 saturated carbocycles. The Kier molecular flexibility index (Phi) is 5.14. The van der Waals surface area contributed by atoms with Gasteiger partial charge in [-0.2, -0.15) is 0 Å². The zero-order valence-electron chi connectivity index (χ0n) is 14.5. The second-order valence-corrected chi connectivity index (χ2v) is 6.67. The van der Waals surface area contributed by atoms with E-state index in [0.717, 1.165) is 58.1 Å². The largest absolute Gasteiger partial charge is 0.489 e. The molecule has 0 spiro atoms. The highest BCUT2D eigenvalue weighted by atomic mass is 16.5. The smallest absolute Gasteiger partial charge is 0.122 e. The second kappa shape index (κ2) is 7.85. The van der Waals surface area contributed by atoms with Crippen molar-refractivity contribution in [3.8, 4) is 5.75 Å². The molecular weight excluding hydrogens is 314 g/mol. The molecule has 2 aliphatic rings. The van der Waals surface area contributed by atoms with E-state index < -0.39 is 0 Å². The molecule has 0 unspecified atom stereocenters. The number of benzene rings is 1. The van der Waals surface area contributed by atoms with Crippen molar-refractivity contribution in [2.75, 3.05) is 44.3 Å². The van der Waals surface area contributed by atoms with E-state index in [-0.39, 0.29) is 6.10 Å². The van der Waals surface area contributed by atoms with E-state index in [0.29, 0.717) is 0 Å². The Morgan fingerprint density at radius 2 is 1.84 bits per heavy atom. The first-order chi connectivity index (χ1) is 12.4. The van der Waals surface area contributed by atoms with Crippen LogP contribution in [-0.4, -0.2) is 55.4 Å². The minimum Gasteiger partial charge on any atom is -0.489 e. The van der Waals surface area contributed by atoms with Gasteiger partial charge < -0.3 is 14.4 Å². The lowest BCUT2D eigenvalue weighted by Gasteiger charge is -2.31. The van der Waals surface area contributed by atoms with Gasteiger partial charge in [0.25, 0.3) is 0 Å². The maximum Gasteiger partial charge on any atom is 0.122 e. The first kappa shape index (κ1) is 16.4. The predicted octanol–water partition coefficient (Wildman–Crippen LogP) is 2.57. The molecule has 1 aromatic heterocycles. The van der Waals surface area contributed by atoms with E-state index >= 15 is 0 Å². The van der Waals surface area contributed by atoms with Crippen LogP contribution in [0.3, 0.4) is 0 Å². The van der Waals surface area contributed by atoms with E-state index in [1.165, 1.54) is 11.3 Å². The summed E-state index contributed by atoms with van der Waals surface area (Å²) in [6, 6.07) is 12.6. The fourth-order valence-electron chi connectivity index (χ4n) is 3.64. The maximum atomic E-state index is 6.08. The third kappa shape index (κ3) is 4.11. The summed E-state index contributed by atoms with van der Waals surface area (Å²) in [4.78, 5) is 8.98. The normalized spacial score (nSPS) is 21.4. The highest BCUT2D eigenvalue weighted by molar-refractivity contribution is 5.54. The van der Waals surface area contributed by atoms with Crippen molar-refractivity contribution in [3.63, 3.8) is 0 Å². The molecule has 2 aliphatic heterocycles. The van der Waals surface area contributed by atoms with Gasteiger partial charge in [-0.25, -0.2) is 0 Å². The van der Waals surface area contributed by atoms with Crippen LogP contribution in [0.15, 0.2) is 48.8 Å². The van der Waals surface area contributed by atoms with Gasteiger partial charge in [0.15, 0.2) is 0 Å². The van der Waals surface area contributed by atoms with Crippen molar-refractivity contribution < 1.29 is 9.47 Å². The Hall–Kier alpha value is -2.11. The minimum absolute atomic E-state index is 0.262. The Bertz CT molecular complexity index is 674. The Morgan fingerprint density at radius 3 is 2.68 bits per heavy atom. The molecule has 5 nitrogen and oxygen atoms in total. The quantitative estimate of drug-likeness (QED) is 0.837. The van der Waals surface area contributed by atoms with E-state index in [1.807, 2.05) is 12.1 Å². The van der Waals surface area contributed by atoms with E-state index in [1.54, 1.807) is 12.4 Å². The molecule has 0 N–H and O–H groups in total. The fourth-order valence-corrected chi connectivity index (χ4v) is 3.64. The van der Waals surface area contributed by atoms with Gasteiger partial charge in [-0.05, 0) is 30.2 Å². The van der Waals surface area contributed by atoms with Crippen LogP contribution in [0.2, 0.25) is 0 Å². The van der Waals surface area contributed by atoms with E-state index in [4.69, 9.17) is 9.47 Å². The van der Waals surface area contributed by atoms with Crippen LogP contribution in [0, 0.1) is 0 Å². The molecular formula is C20H25N3O2. The average Bonchev–Trinajstić information content (AvgIpc) is 3.10. The molecule has 1 aromatic carbocycles. The standard InChI is InChI=1S/C20H25N3O2/c1-2-4-20(23-11-13-24-14-12-23)17(3-1)15-22-10-7-19(16-22)25-18-5-8-21-9-6-18/h1-6,8-9,19H,7,10-16H2/t19-/m1/s1. The number of pyridine rings is 1. The summed E-state index contributed by atoms with van der Waals surface area (Å²) in [7, 11) is 0. The number of morpholine rings is 1. The number of likely N-dealkylation sites (tertiary alicyclic amines) is 1. The van der Waals surface area contributed by atoms with Crippen LogP contribution < -0.4 is 9.64 Å². The number of ether oxygens (including phenoxy) is 2. The highest BCUT2D eigenvalue weighted by Gasteiger charge is 2.25. The summed E-state index contributed by atoms with van der Waals surface area (Å²) in [6.45, 7) is 6.62. The number of para-hydroxylation sites is 1. The molecule has 2 aromatic rings. The van der Waals surface area contributed by atoms with Crippen molar-refractivity contribution in [3.05, 3.63) is 54.4 Å². The van der Waals surface area contributed by atoms with Crippen molar-refractivity contribution in [1.82, 2.24) is 9.88 Å². The molecule has 0 aliphatic carbocycles. The zero-order chi connectivity index (χ0) is 16.9. The fraction of sp³-hybridized carbons (Fsp3) is 0.450. The molecule has 0 bridgehead atoms. The third-order valence-corrected chi connectivity index (χ3v) is 4.92. The SMILES string of the molecule is c1ccc(N2CCOCC2)c(CN2CC[C@@H](Oc3ccncc3)C2)c1. The summed E-state index contributed by atoms with van der Waals surface area (Å²) in [6.07, 6.45) is 4.89. The number of aromatic nitrogens is 1. The minimum atomic E-state index is 0.262. The molecule has 2 saturated heterocycles. The van der Waals surface area contributed by atoms with Crippen molar-refractivity contribution in [2.45, 2.75) is 19.1 Å². The summed E-state index contributed by atoms with van der Waals surface area (Å²) in [5.74, 6) is 0.913. The number of hydrogen-bond acceptors (Lipinski definition) is 5. The molecule has 0 amide bonds. The summed E-state index contributed by atoms with van der Waals surface area (Å²) in [5.41, 5.74) is 2.75. The van der Waals surface area contributed by atoms with Crippen molar-refractivity contribution >= 4 is 5.69 Å². The van der Waals surface area contributed by atoms with E-state index in [9.17, 15) is 0 Å². The van der Waals surface area contributed by atoms with Gasteiger partial charge in [-0.1, -0.05) is 18.2 Å². The monoisotopic (exact) mass is 339 g/mol. The van der Waals surface area contributed by atoms with Crippen LogP contribution >= 0.6 is 0 Å². The first-order valence-corrected chi connectivity index (χ1v) is 9.08. The Balaban J connectivity index is 1.38. The molecule has 0 radical (unpaired) electrons. The van der Waals surface area contributed by atoms with Gasteiger partial charge in [-0.15, -0.1) is 0 Å². The van der Waals surface area contributed by atoms with Crippen LogP contribution in [0.1, 0.15) is 12.0 Å². The van der Waals surface area contributed by atoms with Crippen LogP contribution in [-0.2, 0) is 11.3 Å². The average molecular weight is 339 g/mol. The molecule has 25 heavy (non-hydrogen) atoms. The van der Waals surface area contributed by atoms with Gasteiger partial charge >= 0.3 is 0 Å². The molecule has 3 heterocycles. The predicted molar refractivity (Wildman–Crippen MR) is 98.0 cm³/mol. The zero-order valence-corrected chi connectivity index (χ0v) is 14.5. The Morgan fingerprint density at radius 1 is 1.04 bits per heavy atom. The van der Waals surface area contributed by atoms with Gasteiger partial charge in [-0.3, -0.25) is 9.88 Å². The highest BCUT2D eigenvalue weighted by Crippen LogP contribution is 2.25.